The Hall–Kier alpha value is -3.66. The molecule has 0 bridgehead atoms. The van der Waals surface area contributed by atoms with Gasteiger partial charge in [-0.1, -0.05) is 5.92 Å². The van der Waals surface area contributed by atoms with Crippen LogP contribution in [0.1, 0.15) is 6.92 Å². The third-order valence-electron chi connectivity index (χ3n) is 5.04. The van der Waals surface area contributed by atoms with E-state index in [1.54, 1.807) is 6.92 Å². The zero-order valence-electron chi connectivity index (χ0n) is 18.2. The van der Waals surface area contributed by atoms with Crippen molar-refractivity contribution in [3.8, 4) is 17.6 Å². The molecule has 12 heteroatoms. The molecule has 0 aliphatic carbocycles. The summed E-state index contributed by atoms with van der Waals surface area (Å²) in [6.45, 7) is 1.31. The van der Waals surface area contributed by atoms with E-state index in [1.165, 1.54) is 58.9 Å². The lowest BCUT2D eigenvalue weighted by Gasteiger charge is -2.39. The lowest BCUT2D eigenvalue weighted by molar-refractivity contribution is -0.134. The molecule has 3 amide bonds. The summed E-state index contributed by atoms with van der Waals surface area (Å²) in [6, 6.07) is 8.73. The predicted octanol–water partition coefficient (Wildman–Crippen LogP) is 1.64. The molecular weight excluding hydrogens is 467 g/mol. The van der Waals surface area contributed by atoms with E-state index >= 15 is 0 Å². The van der Waals surface area contributed by atoms with Crippen molar-refractivity contribution in [3.05, 3.63) is 54.3 Å². The van der Waals surface area contributed by atoms with Crippen molar-refractivity contribution in [3.63, 3.8) is 0 Å². The Kier molecular flexibility index (Phi) is 8.06. The first-order valence-corrected chi connectivity index (χ1v) is 11.6. The van der Waals surface area contributed by atoms with Gasteiger partial charge >= 0.3 is 6.03 Å². The highest BCUT2D eigenvalue weighted by atomic mass is 32.2. The zero-order chi connectivity index (χ0) is 24.7. The fourth-order valence-corrected chi connectivity index (χ4v) is 4.87. The predicted molar refractivity (Wildman–Crippen MR) is 120 cm³/mol. The summed E-state index contributed by atoms with van der Waals surface area (Å²) in [4.78, 5) is 26.1. The highest BCUT2D eigenvalue weighted by Gasteiger charge is 2.41. The third-order valence-corrected chi connectivity index (χ3v) is 6.97. The fourth-order valence-electron chi connectivity index (χ4n) is 3.30. The molecule has 1 saturated heterocycles. The van der Waals surface area contributed by atoms with Crippen LogP contribution >= 0.6 is 0 Å². The van der Waals surface area contributed by atoms with Crippen molar-refractivity contribution in [2.24, 2.45) is 0 Å². The highest BCUT2D eigenvalue weighted by Crippen LogP contribution is 2.24. The van der Waals surface area contributed by atoms with Crippen LogP contribution < -0.4 is 15.5 Å². The van der Waals surface area contributed by atoms with Gasteiger partial charge in [-0.3, -0.25) is 10.0 Å². The van der Waals surface area contributed by atoms with E-state index in [0.29, 0.717) is 11.4 Å². The summed E-state index contributed by atoms with van der Waals surface area (Å²) in [5.74, 6) is 4.38. The first-order chi connectivity index (χ1) is 16.3. The maximum absolute atomic E-state index is 13.2. The van der Waals surface area contributed by atoms with Crippen LogP contribution in [0.2, 0.25) is 0 Å². The van der Waals surface area contributed by atoms with Crippen LogP contribution in [0, 0.1) is 17.7 Å². The highest BCUT2D eigenvalue weighted by molar-refractivity contribution is 7.89. The molecule has 2 aromatic carbocycles. The smallest absolute Gasteiger partial charge is 0.321 e. The molecule has 0 saturated carbocycles. The molecule has 1 atom stereocenters. The van der Waals surface area contributed by atoms with Crippen molar-refractivity contribution >= 4 is 27.6 Å². The molecule has 1 aliphatic rings. The number of carbonyl (C=O) groups is 2. The molecule has 0 radical (unpaired) electrons. The van der Waals surface area contributed by atoms with E-state index in [9.17, 15) is 22.4 Å². The molecule has 34 heavy (non-hydrogen) atoms. The van der Waals surface area contributed by atoms with Gasteiger partial charge < -0.3 is 15.0 Å². The fraction of sp³-hybridized carbons (Fsp3) is 0.273. The molecule has 1 aliphatic heterocycles. The van der Waals surface area contributed by atoms with Crippen molar-refractivity contribution in [1.82, 2.24) is 14.7 Å². The molecule has 3 N–H and O–H groups in total. The van der Waals surface area contributed by atoms with Crippen LogP contribution in [0.15, 0.2) is 53.4 Å². The van der Waals surface area contributed by atoms with Crippen LogP contribution in [0.4, 0.5) is 14.9 Å². The van der Waals surface area contributed by atoms with E-state index in [-0.39, 0.29) is 31.1 Å². The normalized spacial score (nSPS) is 16.2. The van der Waals surface area contributed by atoms with Crippen LogP contribution in [0.5, 0.6) is 5.75 Å². The number of sulfonamides is 1. The van der Waals surface area contributed by atoms with Gasteiger partial charge in [0.1, 0.15) is 24.2 Å². The summed E-state index contributed by atoms with van der Waals surface area (Å²) >= 11 is 0. The molecule has 0 spiro atoms. The average Bonchev–Trinajstić information content (AvgIpc) is 2.85. The van der Waals surface area contributed by atoms with Gasteiger partial charge in [-0.05, 0) is 55.5 Å². The lowest BCUT2D eigenvalue weighted by atomic mass is 10.2. The molecule has 0 aromatic heterocycles. The zero-order valence-corrected chi connectivity index (χ0v) is 19.0. The maximum atomic E-state index is 13.2. The minimum absolute atomic E-state index is 0.0155. The molecule has 10 nitrogen and oxygen atoms in total. The van der Waals surface area contributed by atoms with Gasteiger partial charge in [-0.2, -0.15) is 4.31 Å². The maximum Gasteiger partial charge on any atom is 0.321 e. The number of ether oxygens (including phenoxy) is 1. The summed E-state index contributed by atoms with van der Waals surface area (Å²) in [7, 11) is -4.14. The summed E-state index contributed by atoms with van der Waals surface area (Å²) in [5, 5.41) is 11.7. The number of anilines is 1. The number of hydrogen-bond donors (Lipinski definition) is 3. The third kappa shape index (κ3) is 5.82. The summed E-state index contributed by atoms with van der Waals surface area (Å²) < 4.78 is 45.9. The average molecular weight is 491 g/mol. The Morgan fingerprint density at radius 2 is 1.82 bits per heavy atom. The first kappa shape index (κ1) is 25.0. The van der Waals surface area contributed by atoms with Gasteiger partial charge in [0.05, 0.1) is 4.90 Å². The van der Waals surface area contributed by atoms with E-state index < -0.39 is 33.8 Å². The van der Waals surface area contributed by atoms with Gasteiger partial charge in [0.2, 0.25) is 10.0 Å². The summed E-state index contributed by atoms with van der Waals surface area (Å²) in [5.41, 5.74) is 1.79. The number of carbonyl (C=O) groups excluding carboxylic acids is 2. The van der Waals surface area contributed by atoms with Gasteiger partial charge in [0.25, 0.3) is 5.91 Å². The number of hydroxylamine groups is 1. The quantitative estimate of drug-likeness (QED) is 0.321. The van der Waals surface area contributed by atoms with Crippen LogP contribution in [0.25, 0.3) is 0 Å². The van der Waals surface area contributed by atoms with Crippen LogP contribution in [-0.2, 0) is 14.8 Å². The van der Waals surface area contributed by atoms with Gasteiger partial charge in [0, 0.05) is 25.3 Å². The SMILES string of the molecule is CC#CCOc1ccc(S(=O)(=O)N2CCN(C(=O)Nc3ccc(F)cc3)CC2C(=O)NO)cc1. The van der Waals surface area contributed by atoms with E-state index in [4.69, 9.17) is 9.94 Å². The van der Waals surface area contributed by atoms with Gasteiger partial charge in [-0.25, -0.2) is 23.1 Å². The minimum Gasteiger partial charge on any atom is -0.481 e. The molecule has 1 heterocycles. The lowest BCUT2D eigenvalue weighted by Crippen LogP contribution is -2.61. The second-order valence-corrected chi connectivity index (χ2v) is 9.07. The van der Waals surface area contributed by atoms with E-state index in [0.717, 1.165) is 4.31 Å². The largest absolute Gasteiger partial charge is 0.481 e. The molecule has 180 valence electrons. The number of amides is 3. The number of urea groups is 1. The number of rotatable bonds is 6. The van der Waals surface area contributed by atoms with Crippen molar-refractivity contribution in [2.45, 2.75) is 17.9 Å². The Labute approximate surface area is 196 Å². The van der Waals surface area contributed by atoms with E-state index in [2.05, 4.69) is 17.2 Å². The van der Waals surface area contributed by atoms with Crippen molar-refractivity contribution < 1.29 is 32.3 Å². The van der Waals surface area contributed by atoms with E-state index in [1.807, 2.05) is 0 Å². The second-order valence-electron chi connectivity index (χ2n) is 7.18. The number of benzene rings is 2. The molecular formula is C22H23FN4O6S. The van der Waals surface area contributed by atoms with Crippen LogP contribution in [-0.4, -0.2) is 67.1 Å². The molecule has 1 unspecified atom stereocenters. The van der Waals surface area contributed by atoms with Crippen LogP contribution in [0.3, 0.4) is 0 Å². The molecule has 2 aromatic rings. The number of hydrogen-bond acceptors (Lipinski definition) is 6. The van der Waals surface area contributed by atoms with Gasteiger partial charge in [0.15, 0.2) is 0 Å². The molecule has 3 rings (SSSR count). The Morgan fingerprint density at radius 1 is 1.15 bits per heavy atom. The Morgan fingerprint density at radius 3 is 2.44 bits per heavy atom. The monoisotopic (exact) mass is 490 g/mol. The number of halogens is 1. The Balaban J connectivity index is 1.76. The summed E-state index contributed by atoms with van der Waals surface area (Å²) in [6.07, 6.45) is 0. The number of nitrogens with one attached hydrogen (secondary N) is 2. The van der Waals surface area contributed by atoms with Gasteiger partial charge in [-0.15, -0.1) is 5.92 Å². The molecule has 1 fully saturated rings. The number of piperazine rings is 1. The first-order valence-electron chi connectivity index (χ1n) is 10.2. The van der Waals surface area contributed by atoms with Crippen molar-refractivity contribution in [2.75, 3.05) is 31.6 Å². The number of nitrogens with zero attached hydrogens (tertiary/aromatic N) is 2. The standard InChI is InChI=1S/C22H23FN4O6S/c1-2-3-14-33-18-8-10-19(11-9-18)34(31,32)27-13-12-26(15-20(27)21(28)25-30)22(29)24-17-6-4-16(23)5-7-17/h4-11,20,30H,12-15H2,1H3,(H,24,29)(H,25,28). The van der Waals surface area contributed by atoms with Crippen molar-refractivity contribution in [1.29, 1.82) is 0 Å². The Bertz CT molecular complexity index is 1190. The second kappa shape index (κ2) is 11.0. The topological polar surface area (TPSA) is 128 Å². The minimum atomic E-state index is -4.14.